The molecule has 0 saturated heterocycles. The van der Waals surface area contributed by atoms with Crippen molar-refractivity contribution in [2.24, 2.45) is 5.73 Å². The van der Waals surface area contributed by atoms with Gasteiger partial charge in [-0.15, -0.1) is 11.3 Å². The van der Waals surface area contributed by atoms with Crippen LogP contribution in [0.25, 0.3) is 11.3 Å². The number of alkyl halides is 3. The third-order valence-corrected chi connectivity index (χ3v) is 4.02. The van der Waals surface area contributed by atoms with E-state index in [0.717, 1.165) is 12.1 Å². The molecule has 3 aromatic rings. The van der Waals surface area contributed by atoms with E-state index in [1.807, 2.05) is 0 Å². The highest BCUT2D eigenvalue weighted by atomic mass is 32.1. The minimum absolute atomic E-state index is 0.248. The second-order valence-corrected chi connectivity index (χ2v) is 5.93. The second kappa shape index (κ2) is 6.52. The molecule has 0 radical (unpaired) electrons. The molecule has 0 fully saturated rings. The van der Waals surface area contributed by atoms with Gasteiger partial charge in [-0.25, -0.2) is 4.98 Å². The van der Waals surface area contributed by atoms with Gasteiger partial charge in [-0.3, -0.25) is 9.78 Å². The molecule has 9 heteroatoms. The van der Waals surface area contributed by atoms with Crippen molar-refractivity contribution in [3.63, 3.8) is 0 Å². The van der Waals surface area contributed by atoms with Crippen molar-refractivity contribution in [3.05, 3.63) is 59.2 Å². The van der Waals surface area contributed by atoms with Gasteiger partial charge in [-0.05, 0) is 24.3 Å². The lowest BCUT2D eigenvalue weighted by Crippen LogP contribution is -2.11. The summed E-state index contributed by atoms with van der Waals surface area (Å²) in [6.45, 7) is 0. The van der Waals surface area contributed by atoms with Crippen LogP contribution < -0.4 is 11.1 Å². The van der Waals surface area contributed by atoms with E-state index in [1.54, 1.807) is 11.4 Å². The molecule has 0 saturated carbocycles. The number of amides is 1. The Bertz CT molecular complexity index is 923. The number of rotatable bonds is 4. The molecule has 0 spiro atoms. The summed E-state index contributed by atoms with van der Waals surface area (Å²) in [5, 5.41) is 4.96. The molecule has 0 bridgehead atoms. The van der Waals surface area contributed by atoms with Crippen molar-refractivity contribution in [1.29, 1.82) is 0 Å². The Hall–Kier alpha value is -2.94. The Morgan fingerprint density at radius 3 is 2.72 bits per heavy atom. The molecule has 3 rings (SSSR count). The van der Waals surface area contributed by atoms with Gasteiger partial charge < -0.3 is 11.1 Å². The largest absolute Gasteiger partial charge is 0.416 e. The summed E-state index contributed by atoms with van der Waals surface area (Å²) in [4.78, 5) is 19.4. The third kappa shape index (κ3) is 3.94. The molecular weight excluding hydrogens is 353 g/mol. The van der Waals surface area contributed by atoms with E-state index in [9.17, 15) is 18.0 Å². The molecular formula is C16H11F3N4OS. The molecule has 0 aliphatic carbocycles. The number of pyridine rings is 1. The summed E-state index contributed by atoms with van der Waals surface area (Å²) >= 11 is 1.22. The average molecular weight is 364 g/mol. The topological polar surface area (TPSA) is 80.9 Å². The number of hydrogen-bond donors (Lipinski definition) is 2. The van der Waals surface area contributed by atoms with Crippen molar-refractivity contribution in [2.45, 2.75) is 6.18 Å². The summed E-state index contributed by atoms with van der Waals surface area (Å²) in [6, 6.07) is 6.40. The molecule has 3 N–H and O–H groups in total. The van der Waals surface area contributed by atoms with Crippen LogP contribution in [-0.4, -0.2) is 15.9 Å². The van der Waals surface area contributed by atoms with Gasteiger partial charge in [-0.2, -0.15) is 13.2 Å². The predicted molar refractivity (Wildman–Crippen MR) is 88.6 cm³/mol. The summed E-state index contributed by atoms with van der Waals surface area (Å²) < 4.78 is 38.2. The summed E-state index contributed by atoms with van der Waals surface area (Å²) in [5.41, 5.74) is 6.12. The first-order valence-electron chi connectivity index (χ1n) is 6.98. The van der Waals surface area contributed by atoms with Crippen molar-refractivity contribution in [3.8, 4) is 11.3 Å². The summed E-state index contributed by atoms with van der Waals surface area (Å²) in [7, 11) is 0. The van der Waals surface area contributed by atoms with E-state index >= 15 is 0 Å². The molecule has 1 aromatic carbocycles. The highest BCUT2D eigenvalue weighted by Gasteiger charge is 2.30. The van der Waals surface area contributed by atoms with Crippen molar-refractivity contribution in [1.82, 2.24) is 9.97 Å². The molecule has 2 aromatic heterocycles. The monoisotopic (exact) mass is 364 g/mol. The number of thiazole rings is 1. The minimum Gasteiger partial charge on any atom is -0.366 e. The van der Waals surface area contributed by atoms with Gasteiger partial charge in [0.05, 0.1) is 16.8 Å². The maximum absolute atomic E-state index is 12.7. The van der Waals surface area contributed by atoms with Gasteiger partial charge in [0.25, 0.3) is 0 Å². The molecule has 0 aliphatic heterocycles. The first-order valence-corrected chi connectivity index (χ1v) is 7.86. The molecule has 25 heavy (non-hydrogen) atoms. The number of hydrogen-bond acceptors (Lipinski definition) is 5. The van der Waals surface area contributed by atoms with E-state index in [1.165, 1.54) is 35.9 Å². The van der Waals surface area contributed by atoms with Crippen molar-refractivity contribution in [2.75, 3.05) is 5.32 Å². The number of anilines is 2. The standard InChI is InChI=1S/C16H11F3N4OS/c17-16(18,19)11-2-1-3-12(5-11)22-15-23-13(8-25-15)9-4-10(14(20)24)7-21-6-9/h1-8H,(H2,20,24)(H,22,23). The molecule has 0 aliphatic rings. The zero-order chi connectivity index (χ0) is 18.0. The fourth-order valence-electron chi connectivity index (χ4n) is 2.08. The fourth-order valence-corrected chi connectivity index (χ4v) is 2.82. The zero-order valence-corrected chi connectivity index (χ0v) is 13.4. The van der Waals surface area contributed by atoms with Crippen LogP contribution in [0.4, 0.5) is 24.0 Å². The number of nitrogens with zero attached hydrogens (tertiary/aromatic N) is 2. The van der Waals surface area contributed by atoms with Crippen LogP contribution in [-0.2, 0) is 6.18 Å². The van der Waals surface area contributed by atoms with Crippen LogP contribution in [0.15, 0.2) is 48.1 Å². The number of benzene rings is 1. The Kier molecular flexibility index (Phi) is 4.41. The lowest BCUT2D eigenvalue weighted by molar-refractivity contribution is -0.137. The van der Waals surface area contributed by atoms with Crippen molar-refractivity contribution < 1.29 is 18.0 Å². The number of nitrogens with two attached hydrogens (primary N) is 1. The van der Waals surface area contributed by atoms with Crippen LogP contribution in [0.5, 0.6) is 0 Å². The number of aromatic nitrogens is 2. The lowest BCUT2D eigenvalue weighted by Gasteiger charge is -2.08. The average Bonchev–Trinajstić information content (AvgIpc) is 3.03. The second-order valence-electron chi connectivity index (χ2n) is 5.07. The SMILES string of the molecule is NC(=O)c1cncc(-c2csc(Nc3cccc(C(F)(F)F)c3)n2)c1. The maximum Gasteiger partial charge on any atom is 0.416 e. The van der Waals surface area contributed by atoms with Crippen LogP contribution >= 0.6 is 11.3 Å². The number of primary amides is 1. The molecule has 0 atom stereocenters. The Labute approximate surface area is 144 Å². The van der Waals surface area contributed by atoms with E-state index < -0.39 is 17.6 Å². The van der Waals surface area contributed by atoms with E-state index in [4.69, 9.17) is 5.73 Å². The van der Waals surface area contributed by atoms with E-state index in [2.05, 4.69) is 15.3 Å². The highest BCUT2D eigenvalue weighted by molar-refractivity contribution is 7.14. The van der Waals surface area contributed by atoms with Gasteiger partial charge in [0.2, 0.25) is 5.91 Å². The highest BCUT2D eigenvalue weighted by Crippen LogP contribution is 2.32. The normalized spacial score (nSPS) is 11.3. The Balaban J connectivity index is 1.83. The van der Waals surface area contributed by atoms with Crippen LogP contribution in [0.2, 0.25) is 0 Å². The molecule has 128 valence electrons. The minimum atomic E-state index is -4.41. The number of carbonyl (C=O) groups excluding carboxylic acids is 1. The first kappa shape index (κ1) is 16.9. The van der Waals surface area contributed by atoms with Gasteiger partial charge in [0.1, 0.15) is 0 Å². The van der Waals surface area contributed by atoms with Crippen LogP contribution in [0, 0.1) is 0 Å². The third-order valence-electron chi connectivity index (χ3n) is 3.26. The van der Waals surface area contributed by atoms with Gasteiger partial charge >= 0.3 is 6.18 Å². The van der Waals surface area contributed by atoms with Gasteiger partial charge in [0, 0.05) is 29.0 Å². The summed E-state index contributed by atoms with van der Waals surface area (Å²) in [6.07, 6.45) is -1.54. The fraction of sp³-hybridized carbons (Fsp3) is 0.0625. The Morgan fingerprint density at radius 1 is 1.20 bits per heavy atom. The van der Waals surface area contributed by atoms with E-state index in [0.29, 0.717) is 16.4 Å². The number of nitrogens with one attached hydrogen (secondary N) is 1. The van der Waals surface area contributed by atoms with Crippen LogP contribution in [0.3, 0.4) is 0 Å². The Morgan fingerprint density at radius 2 is 2.00 bits per heavy atom. The zero-order valence-electron chi connectivity index (χ0n) is 12.5. The summed E-state index contributed by atoms with van der Waals surface area (Å²) in [5.74, 6) is -0.605. The smallest absolute Gasteiger partial charge is 0.366 e. The van der Waals surface area contributed by atoms with Crippen LogP contribution in [0.1, 0.15) is 15.9 Å². The number of carbonyl (C=O) groups is 1. The number of halogens is 3. The maximum atomic E-state index is 12.7. The van der Waals surface area contributed by atoms with Crippen molar-refractivity contribution >= 4 is 28.1 Å². The first-order chi connectivity index (χ1) is 11.8. The lowest BCUT2D eigenvalue weighted by atomic mass is 10.1. The quantitative estimate of drug-likeness (QED) is 0.731. The van der Waals surface area contributed by atoms with Gasteiger partial charge in [-0.1, -0.05) is 6.07 Å². The molecule has 2 heterocycles. The predicted octanol–water partition coefficient (Wildman–Crippen LogP) is 4.07. The molecule has 0 unspecified atom stereocenters. The van der Waals surface area contributed by atoms with Gasteiger partial charge in [0.15, 0.2) is 5.13 Å². The molecule has 5 nitrogen and oxygen atoms in total. The molecule has 1 amide bonds. The van der Waals surface area contributed by atoms with E-state index in [-0.39, 0.29) is 11.3 Å².